The van der Waals surface area contributed by atoms with E-state index >= 15 is 0 Å². The second-order valence-corrected chi connectivity index (χ2v) is 9.25. The highest BCUT2D eigenvalue weighted by Crippen LogP contribution is 2.46. The Balaban J connectivity index is 1.57. The van der Waals surface area contributed by atoms with Crippen LogP contribution in [0.3, 0.4) is 0 Å². The van der Waals surface area contributed by atoms with Gasteiger partial charge in [0, 0.05) is 24.6 Å². The molecule has 39 heavy (non-hydrogen) atoms. The Morgan fingerprint density at radius 1 is 0.923 bits per heavy atom. The van der Waals surface area contributed by atoms with E-state index in [1.54, 1.807) is 7.11 Å². The molecule has 0 fully saturated rings. The zero-order valence-electron chi connectivity index (χ0n) is 22.2. The molecule has 1 aliphatic rings. The number of esters is 2. The summed E-state index contributed by atoms with van der Waals surface area (Å²) in [5.41, 5.74) is 4.75. The smallest absolute Gasteiger partial charge is 0.338 e. The molecule has 1 aliphatic heterocycles. The van der Waals surface area contributed by atoms with Gasteiger partial charge in [-0.25, -0.2) is 14.6 Å². The van der Waals surface area contributed by atoms with Gasteiger partial charge in [-0.1, -0.05) is 30.3 Å². The molecule has 0 amide bonds. The summed E-state index contributed by atoms with van der Waals surface area (Å²) in [5, 5.41) is 0. The van der Waals surface area contributed by atoms with E-state index in [1.807, 2.05) is 60.8 Å². The lowest BCUT2D eigenvalue weighted by Crippen LogP contribution is -2.40. The van der Waals surface area contributed by atoms with E-state index < -0.39 is 30.3 Å². The normalized spacial score (nSPS) is 18.3. The summed E-state index contributed by atoms with van der Waals surface area (Å²) in [5.74, 6) is -0.475. The Kier molecular flexibility index (Phi) is 7.63. The first kappa shape index (κ1) is 26.4. The Labute approximate surface area is 226 Å². The zero-order valence-corrected chi connectivity index (χ0v) is 22.2. The van der Waals surface area contributed by atoms with Gasteiger partial charge in [-0.15, -0.1) is 0 Å². The van der Waals surface area contributed by atoms with Crippen molar-refractivity contribution in [3.05, 3.63) is 101 Å². The monoisotopic (exact) mass is 530 g/mol. The van der Waals surface area contributed by atoms with Crippen LogP contribution in [0.4, 0.5) is 0 Å². The molecule has 9 heteroatoms. The molecule has 2 aromatic heterocycles. The number of aryl methyl sites for hydroxylation is 2. The number of hydrogen-bond acceptors (Lipinski definition) is 8. The number of nitrogens with zero attached hydrogens (tertiary/aromatic N) is 2. The van der Waals surface area contributed by atoms with Crippen LogP contribution in [-0.2, 0) is 18.9 Å². The second-order valence-electron chi connectivity index (χ2n) is 9.25. The maximum Gasteiger partial charge on any atom is 0.338 e. The number of carbonyl (C=O) groups is 2. The Morgan fingerprint density at radius 2 is 1.62 bits per heavy atom. The third-order valence-corrected chi connectivity index (χ3v) is 6.90. The number of rotatable bonds is 8. The third-order valence-electron chi connectivity index (χ3n) is 6.90. The van der Waals surface area contributed by atoms with Gasteiger partial charge in [0.05, 0.1) is 37.1 Å². The molecule has 4 aromatic rings. The number of pyridine rings is 1. The predicted molar refractivity (Wildman–Crippen MR) is 142 cm³/mol. The summed E-state index contributed by atoms with van der Waals surface area (Å²) in [6, 6.07) is 17.6. The molecule has 202 valence electrons. The summed E-state index contributed by atoms with van der Waals surface area (Å²) >= 11 is 0. The standard InChI is InChI=1S/C30H30N2O7/c1-18-19(2)32-15-14-23-25(37-17-16-35-3)27(39-30(34)22-12-10-21(11-13-22)29(33)36-4)24(20-8-6-5-7-9-20)38-26(23)28(32)31-18/h5-15,24-25,27H,16-17H2,1-4H3/t24-,25+,27+/m1/s1. The van der Waals surface area contributed by atoms with Crippen molar-refractivity contribution in [2.24, 2.45) is 0 Å². The SMILES string of the molecule is COCCO[C@H]1c2ccn3c(C)c(C)nc3c2O[C@H](c2ccccc2)[C@@H]1OC(=O)c1ccc(C(=O)OC)cc1. The van der Waals surface area contributed by atoms with E-state index in [0.29, 0.717) is 23.6 Å². The minimum absolute atomic E-state index is 0.279. The number of carbonyl (C=O) groups excluding carboxylic acids is 2. The topological polar surface area (TPSA) is 97.6 Å². The van der Waals surface area contributed by atoms with E-state index in [1.165, 1.54) is 31.4 Å². The lowest BCUT2D eigenvalue weighted by Gasteiger charge is -2.39. The number of ether oxygens (including phenoxy) is 5. The van der Waals surface area contributed by atoms with Crippen molar-refractivity contribution in [2.45, 2.75) is 32.2 Å². The van der Waals surface area contributed by atoms with Crippen LogP contribution in [0.5, 0.6) is 5.75 Å². The first-order valence-corrected chi connectivity index (χ1v) is 12.6. The molecule has 0 radical (unpaired) electrons. The van der Waals surface area contributed by atoms with Gasteiger partial charge in [0.15, 0.2) is 23.6 Å². The summed E-state index contributed by atoms with van der Waals surface area (Å²) in [7, 11) is 2.90. The van der Waals surface area contributed by atoms with Crippen LogP contribution < -0.4 is 4.74 Å². The fraction of sp³-hybridized carbons (Fsp3) is 0.300. The maximum atomic E-state index is 13.4. The second kappa shape index (κ2) is 11.3. The van der Waals surface area contributed by atoms with Crippen LogP contribution in [0, 0.1) is 13.8 Å². The van der Waals surface area contributed by atoms with Crippen LogP contribution in [0.15, 0.2) is 66.9 Å². The zero-order chi connectivity index (χ0) is 27.5. The number of methoxy groups -OCH3 is 2. The van der Waals surface area contributed by atoms with Crippen molar-refractivity contribution in [2.75, 3.05) is 27.4 Å². The van der Waals surface area contributed by atoms with E-state index in [9.17, 15) is 9.59 Å². The molecular weight excluding hydrogens is 500 g/mol. The molecule has 0 saturated carbocycles. The van der Waals surface area contributed by atoms with Crippen LogP contribution >= 0.6 is 0 Å². The Hall–Kier alpha value is -4.21. The van der Waals surface area contributed by atoms with Crippen LogP contribution in [0.2, 0.25) is 0 Å². The molecule has 0 aliphatic carbocycles. The number of benzene rings is 2. The average Bonchev–Trinajstić information content (AvgIpc) is 3.27. The fourth-order valence-electron chi connectivity index (χ4n) is 4.72. The quantitative estimate of drug-likeness (QED) is 0.237. The van der Waals surface area contributed by atoms with Crippen molar-refractivity contribution < 1.29 is 33.3 Å². The Bertz CT molecular complexity index is 1480. The van der Waals surface area contributed by atoms with Gasteiger partial charge in [-0.3, -0.25) is 0 Å². The minimum atomic E-state index is -0.829. The van der Waals surface area contributed by atoms with Crippen LogP contribution in [-0.4, -0.2) is 54.9 Å². The van der Waals surface area contributed by atoms with Crippen molar-refractivity contribution >= 4 is 17.6 Å². The molecule has 2 aromatic carbocycles. The molecule has 0 unspecified atom stereocenters. The first-order chi connectivity index (χ1) is 18.9. The highest BCUT2D eigenvalue weighted by molar-refractivity contribution is 5.93. The van der Waals surface area contributed by atoms with E-state index in [0.717, 1.165) is 22.5 Å². The third kappa shape index (κ3) is 5.10. The molecular formula is C30H30N2O7. The van der Waals surface area contributed by atoms with Gasteiger partial charge < -0.3 is 28.1 Å². The minimum Gasteiger partial charge on any atom is -0.477 e. The summed E-state index contributed by atoms with van der Waals surface area (Å²) in [4.78, 5) is 30.0. The van der Waals surface area contributed by atoms with Gasteiger partial charge in [0.2, 0.25) is 0 Å². The van der Waals surface area contributed by atoms with Crippen molar-refractivity contribution in [1.29, 1.82) is 0 Å². The number of aromatic nitrogens is 2. The highest BCUT2D eigenvalue weighted by Gasteiger charge is 2.44. The van der Waals surface area contributed by atoms with Crippen molar-refractivity contribution in [3.8, 4) is 5.75 Å². The van der Waals surface area contributed by atoms with Gasteiger partial charge in [0.25, 0.3) is 0 Å². The van der Waals surface area contributed by atoms with Gasteiger partial charge >= 0.3 is 11.9 Å². The molecule has 0 N–H and O–H groups in total. The van der Waals surface area contributed by atoms with E-state index in [2.05, 4.69) is 0 Å². The lowest BCUT2D eigenvalue weighted by atomic mass is 9.92. The highest BCUT2D eigenvalue weighted by atomic mass is 16.6. The maximum absolute atomic E-state index is 13.4. The lowest BCUT2D eigenvalue weighted by molar-refractivity contribution is -0.115. The molecule has 3 atom stereocenters. The number of fused-ring (bicyclic) bond motifs is 3. The molecule has 0 saturated heterocycles. The molecule has 0 spiro atoms. The van der Waals surface area contributed by atoms with Crippen LogP contribution in [0.25, 0.3) is 5.65 Å². The number of imidazole rings is 1. The average molecular weight is 531 g/mol. The van der Waals surface area contributed by atoms with Gasteiger partial charge in [0.1, 0.15) is 6.10 Å². The number of hydrogen-bond donors (Lipinski definition) is 0. The Morgan fingerprint density at radius 3 is 2.28 bits per heavy atom. The summed E-state index contributed by atoms with van der Waals surface area (Å²) in [6.45, 7) is 4.60. The van der Waals surface area contributed by atoms with Crippen molar-refractivity contribution in [3.63, 3.8) is 0 Å². The summed E-state index contributed by atoms with van der Waals surface area (Å²) in [6.07, 6.45) is -0.237. The van der Waals surface area contributed by atoms with E-state index in [-0.39, 0.29) is 12.2 Å². The van der Waals surface area contributed by atoms with Crippen molar-refractivity contribution in [1.82, 2.24) is 9.38 Å². The summed E-state index contributed by atoms with van der Waals surface area (Å²) < 4.78 is 31.0. The molecule has 0 bridgehead atoms. The first-order valence-electron chi connectivity index (χ1n) is 12.6. The van der Waals surface area contributed by atoms with Crippen LogP contribution in [0.1, 0.15) is 55.4 Å². The predicted octanol–water partition coefficient (Wildman–Crippen LogP) is 4.80. The largest absolute Gasteiger partial charge is 0.477 e. The van der Waals surface area contributed by atoms with E-state index in [4.69, 9.17) is 28.7 Å². The molecule has 3 heterocycles. The van der Waals surface area contributed by atoms with Gasteiger partial charge in [-0.05, 0) is 49.7 Å². The molecule has 9 nitrogen and oxygen atoms in total. The van der Waals surface area contributed by atoms with Gasteiger partial charge in [-0.2, -0.15) is 0 Å². The fourth-order valence-corrected chi connectivity index (χ4v) is 4.72. The molecule has 5 rings (SSSR count).